The first-order chi connectivity index (χ1) is 16.7. The molecule has 0 atom stereocenters. The van der Waals surface area contributed by atoms with E-state index in [4.69, 9.17) is 12.2 Å². The molecular formula is C24H20N4O5S2. The Morgan fingerprint density at radius 3 is 2.40 bits per heavy atom. The van der Waals surface area contributed by atoms with Gasteiger partial charge >= 0.3 is 0 Å². The lowest BCUT2D eigenvalue weighted by Crippen LogP contribution is -2.32. The minimum absolute atomic E-state index is 0.0347. The first-order valence-corrected chi connectivity index (χ1v) is 12.3. The summed E-state index contributed by atoms with van der Waals surface area (Å²) in [5.74, 6) is -0.493. The van der Waals surface area contributed by atoms with Crippen molar-refractivity contribution in [2.24, 2.45) is 0 Å². The van der Waals surface area contributed by atoms with E-state index in [9.17, 15) is 23.3 Å². The molecule has 0 spiro atoms. The third-order valence-corrected chi connectivity index (χ3v) is 7.34. The van der Waals surface area contributed by atoms with E-state index in [1.54, 1.807) is 18.2 Å². The van der Waals surface area contributed by atoms with E-state index in [2.05, 4.69) is 10.6 Å². The molecule has 0 unspecified atom stereocenters. The second-order valence-electron chi connectivity index (χ2n) is 7.61. The minimum Gasteiger partial charge on any atom is -0.332 e. The number of nitro benzene ring substituents is 1. The van der Waals surface area contributed by atoms with E-state index in [-0.39, 0.29) is 15.7 Å². The number of nitrogens with zero attached hydrogens (tertiary/aromatic N) is 2. The summed E-state index contributed by atoms with van der Waals surface area (Å²) in [5.41, 5.74) is 2.77. The molecule has 0 fully saturated rings. The van der Waals surface area contributed by atoms with Crippen LogP contribution >= 0.6 is 12.2 Å². The summed E-state index contributed by atoms with van der Waals surface area (Å²) >= 11 is 5.15. The van der Waals surface area contributed by atoms with Crippen molar-refractivity contribution in [3.8, 4) is 0 Å². The van der Waals surface area contributed by atoms with Gasteiger partial charge in [0.25, 0.3) is 15.7 Å². The Morgan fingerprint density at radius 1 is 1.03 bits per heavy atom. The van der Waals surface area contributed by atoms with E-state index >= 15 is 0 Å². The largest absolute Gasteiger partial charge is 0.332 e. The standard InChI is InChI=1S/C24H20N4O5S2/c29-23(14-7-17-5-10-20(11-6-17)28(30)31)26-24(34)25-19-8-12-21(13-9-19)35(32,33)27-16-15-18-3-1-2-4-22(18)27/h1-14H,15-16H2,(H2,25,26,29,34)/b14-7+. The predicted molar refractivity (Wildman–Crippen MR) is 138 cm³/mol. The number of rotatable bonds is 6. The minimum atomic E-state index is -3.70. The first-order valence-electron chi connectivity index (χ1n) is 10.5. The van der Waals surface area contributed by atoms with Gasteiger partial charge in [-0.2, -0.15) is 0 Å². The second kappa shape index (κ2) is 10.0. The fourth-order valence-electron chi connectivity index (χ4n) is 3.59. The summed E-state index contributed by atoms with van der Waals surface area (Å²) in [4.78, 5) is 22.5. The quantitative estimate of drug-likeness (QED) is 0.224. The Hall–Kier alpha value is -4.09. The van der Waals surface area contributed by atoms with Gasteiger partial charge in [-0.1, -0.05) is 18.2 Å². The van der Waals surface area contributed by atoms with Crippen molar-refractivity contribution in [2.75, 3.05) is 16.2 Å². The third-order valence-electron chi connectivity index (χ3n) is 5.31. The van der Waals surface area contributed by atoms with Gasteiger partial charge in [0.2, 0.25) is 5.91 Å². The van der Waals surface area contributed by atoms with Gasteiger partial charge in [-0.25, -0.2) is 8.42 Å². The number of carbonyl (C=O) groups is 1. The number of hydrogen-bond acceptors (Lipinski definition) is 6. The van der Waals surface area contributed by atoms with Crippen LogP contribution in [0, 0.1) is 10.1 Å². The fraction of sp³-hybridized carbons (Fsp3) is 0.0833. The fourth-order valence-corrected chi connectivity index (χ4v) is 5.31. The Labute approximate surface area is 207 Å². The number of thiocarbonyl (C=S) groups is 1. The number of non-ortho nitro benzene ring substituents is 1. The summed E-state index contributed by atoms with van der Waals surface area (Å²) in [6.07, 6.45) is 3.41. The average molecular weight is 509 g/mol. The lowest BCUT2D eigenvalue weighted by Gasteiger charge is -2.19. The lowest BCUT2D eigenvalue weighted by atomic mass is 10.2. The van der Waals surface area contributed by atoms with Crippen LogP contribution in [0.25, 0.3) is 6.08 Å². The molecule has 178 valence electrons. The normalized spacial score (nSPS) is 12.9. The monoisotopic (exact) mass is 508 g/mol. The highest BCUT2D eigenvalue weighted by Gasteiger charge is 2.30. The first kappa shape index (κ1) is 24.0. The molecule has 0 saturated heterocycles. The average Bonchev–Trinajstić information content (AvgIpc) is 3.28. The van der Waals surface area contributed by atoms with Crippen LogP contribution in [-0.2, 0) is 21.2 Å². The van der Waals surface area contributed by atoms with Crippen LogP contribution in [0.15, 0.2) is 83.8 Å². The molecule has 0 radical (unpaired) electrons. The predicted octanol–water partition coefficient (Wildman–Crippen LogP) is 3.87. The van der Waals surface area contributed by atoms with Crippen molar-refractivity contribution in [3.05, 3.63) is 100 Å². The molecule has 1 heterocycles. The van der Waals surface area contributed by atoms with Crippen molar-refractivity contribution >= 4 is 56.4 Å². The van der Waals surface area contributed by atoms with Gasteiger partial charge in [0.1, 0.15) is 0 Å². The van der Waals surface area contributed by atoms with E-state index in [0.717, 1.165) is 5.56 Å². The van der Waals surface area contributed by atoms with E-state index in [1.165, 1.54) is 52.9 Å². The molecular weight excluding hydrogens is 488 g/mol. The molecule has 1 aliphatic rings. The molecule has 0 aliphatic carbocycles. The Kier molecular flexibility index (Phi) is 6.90. The highest BCUT2D eigenvalue weighted by molar-refractivity contribution is 7.92. The molecule has 1 aliphatic heterocycles. The molecule has 9 nitrogen and oxygen atoms in total. The Morgan fingerprint density at radius 2 is 1.71 bits per heavy atom. The molecule has 0 aromatic heterocycles. The van der Waals surface area contributed by atoms with Gasteiger partial charge in [0.05, 0.1) is 15.5 Å². The molecule has 3 aromatic rings. The number of para-hydroxylation sites is 1. The smallest absolute Gasteiger partial charge is 0.269 e. The van der Waals surface area contributed by atoms with Crippen molar-refractivity contribution in [2.45, 2.75) is 11.3 Å². The zero-order valence-corrected chi connectivity index (χ0v) is 19.9. The number of benzene rings is 3. The Bertz CT molecular complexity index is 1420. The van der Waals surface area contributed by atoms with Crippen molar-refractivity contribution in [1.82, 2.24) is 5.32 Å². The van der Waals surface area contributed by atoms with Crippen molar-refractivity contribution < 1.29 is 18.1 Å². The number of sulfonamides is 1. The third kappa shape index (κ3) is 5.53. The number of fused-ring (bicyclic) bond motifs is 1. The second-order valence-corrected chi connectivity index (χ2v) is 9.88. The zero-order valence-electron chi connectivity index (χ0n) is 18.2. The summed E-state index contributed by atoms with van der Waals surface area (Å²) in [5, 5.41) is 16.1. The SMILES string of the molecule is O=C(/C=C/c1ccc([N+](=O)[O-])cc1)NC(=S)Nc1ccc(S(=O)(=O)N2CCc3ccccc32)cc1. The van der Waals surface area contributed by atoms with Crippen LogP contribution in [0.3, 0.4) is 0 Å². The highest BCUT2D eigenvalue weighted by Crippen LogP contribution is 2.32. The van der Waals surface area contributed by atoms with Gasteiger partial charge in [-0.15, -0.1) is 0 Å². The van der Waals surface area contributed by atoms with Gasteiger partial charge in [-0.3, -0.25) is 24.5 Å². The molecule has 3 aromatic carbocycles. The molecule has 1 amide bonds. The summed E-state index contributed by atoms with van der Waals surface area (Å²) in [6, 6.07) is 19.3. The van der Waals surface area contributed by atoms with Crippen LogP contribution in [-0.4, -0.2) is 30.9 Å². The number of hydrogen-bond donors (Lipinski definition) is 2. The van der Waals surface area contributed by atoms with Crippen molar-refractivity contribution in [1.29, 1.82) is 0 Å². The van der Waals surface area contributed by atoms with Crippen LogP contribution in [0.1, 0.15) is 11.1 Å². The maximum absolute atomic E-state index is 13.1. The van der Waals surface area contributed by atoms with Crippen molar-refractivity contribution in [3.63, 3.8) is 0 Å². The summed E-state index contributed by atoms with van der Waals surface area (Å²) in [7, 11) is -3.70. The van der Waals surface area contributed by atoms with Crippen LogP contribution in [0.2, 0.25) is 0 Å². The highest BCUT2D eigenvalue weighted by atomic mass is 32.2. The molecule has 0 bridgehead atoms. The summed E-state index contributed by atoms with van der Waals surface area (Å²) < 4.78 is 27.6. The molecule has 11 heteroatoms. The zero-order chi connectivity index (χ0) is 25.0. The molecule has 4 rings (SSSR count). The van der Waals surface area contributed by atoms with Gasteiger partial charge in [-0.05, 0) is 78.3 Å². The number of nitrogens with one attached hydrogen (secondary N) is 2. The lowest BCUT2D eigenvalue weighted by molar-refractivity contribution is -0.384. The van der Waals surface area contributed by atoms with E-state index in [0.29, 0.717) is 29.9 Å². The van der Waals surface area contributed by atoms with Gasteiger partial charge < -0.3 is 5.32 Å². The van der Waals surface area contributed by atoms with Crippen LogP contribution in [0.4, 0.5) is 17.1 Å². The molecule has 2 N–H and O–H groups in total. The molecule has 35 heavy (non-hydrogen) atoms. The van der Waals surface area contributed by atoms with Crippen LogP contribution < -0.4 is 14.9 Å². The summed E-state index contributed by atoms with van der Waals surface area (Å²) in [6.45, 7) is 0.394. The Balaban J connectivity index is 1.35. The molecule has 0 saturated carbocycles. The van der Waals surface area contributed by atoms with Gasteiger partial charge in [0.15, 0.2) is 5.11 Å². The maximum Gasteiger partial charge on any atom is 0.269 e. The van der Waals surface area contributed by atoms with E-state index in [1.807, 2.05) is 18.2 Å². The van der Waals surface area contributed by atoms with E-state index < -0.39 is 20.9 Å². The number of carbonyl (C=O) groups excluding carboxylic acids is 1. The number of anilines is 2. The number of amides is 1. The van der Waals surface area contributed by atoms with Crippen LogP contribution in [0.5, 0.6) is 0 Å². The topological polar surface area (TPSA) is 122 Å². The number of nitro groups is 1. The maximum atomic E-state index is 13.1. The van der Waals surface area contributed by atoms with Gasteiger partial charge in [0, 0.05) is 30.4 Å².